The smallest absolute Gasteiger partial charge is 0.267 e. The predicted molar refractivity (Wildman–Crippen MR) is 108 cm³/mol. The third-order valence-corrected chi connectivity index (χ3v) is 5.33. The number of rotatable bonds is 2. The Bertz CT molecular complexity index is 1290. The number of thiazole rings is 1. The van der Waals surface area contributed by atoms with E-state index in [0.717, 1.165) is 28.0 Å². The zero-order valence-electron chi connectivity index (χ0n) is 14.7. The van der Waals surface area contributed by atoms with Gasteiger partial charge < -0.3 is 0 Å². The summed E-state index contributed by atoms with van der Waals surface area (Å²) in [5.74, 6) is 0. The molecule has 0 aliphatic rings. The lowest BCUT2D eigenvalue weighted by atomic mass is 10.1. The van der Waals surface area contributed by atoms with Crippen molar-refractivity contribution in [1.82, 2.24) is 4.57 Å². The number of aryl methyl sites for hydroxylation is 2. The number of nitriles is 2. The second kappa shape index (κ2) is 7.63. The van der Waals surface area contributed by atoms with E-state index in [1.54, 1.807) is 24.3 Å². The van der Waals surface area contributed by atoms with E-state index in [1.807, 2.05) is 50.3 Å². The van der Waals surface area contributed by atoms with Crippen molar-refractivity contribution in [3.05, 3.63) is 83.7 Å². The first-order valence-corrected chi connectivity index (χ1v) is 9.25. The van der Waals surface area contributed by atoms with E-state index in [-0.39, 0.29) is 11.1 Å². The molecule has 3 rings (SSSR count). The fourth-order valence-electron chi connectivity index (χ4n) is 2.79. The van der Waals surface area contributed by atoms with Gasteiger partial charge in [-0.3, -0.25) is 9.36 Å². The average Bonchev–Trinajstić information content (AvgIpc) is 2.93. The molecule has 0 bridgehead atoms. The number of hydrogen-bond acceptors (Lipinski definition) is 4. The van der Waals surface area contributed by atoms with Crippen molar-refractivity contribution < 1.29 is 0 Å². The van der Waals surface area contributed by atoms with Gasteiger partial charge in [0.15, 0.2) is 5.57 Å². The molecule has 0 atom stereocenters. The molecule has 1 aromatic heterocycles. The molecule has 6 heteroatoms. The van der Waals surface area contributed by atoms with Crippen LogP contribution in [0.5, 0.6) is 0 Å². The summed E-state index contributed by atoms with van der Waals surface area (Å²) in [7, 11) is 0. The molecule has 0 fully saturated rings. The van der Waals surface area contributed by atoms with E-state index in [9.17, 15) is 15.3 Å². The van der Waals surface area contributed by atoms with Crippen LogP contribution in [0, 0.1) is 36.5 Å². The molecule has 0 saturated heterocycles. The number of benzene rings is 2. The Morgan fingerprint density at radius 1 is 1.15 bits per heavy atom. The normalized spacial score (nSPS) is 11.1. The summed E-state index contributed by atoms with van der Waals surface area (Å²) in [5.41, 5.74) is 3.02. The zero-order chi connectivity index (χ0) is 19.6. The predicted octanol–water partition coefficient (Wildman–Crippen LogP) is 3.20. The second-order valence-electron chi connectivity index (χ2n) is 6.00. The molecule has 0 radical (unpaired) electrons. The van der Waals surface area contributed by atoms with E-state index in [1.165, 1.54) is 4.57 Å². The van der Waals surface area contributed by atoms with Crippen LogP contribution in [0.3, 0.4) is 0 Å². The largest absolute Gasteiger partial charge is 0.273 e. The van der Waals surface area contributed by atoms with Crippen LogP contribution < -0.4 is 14.8 Å². The maximum Gasteiger partial charge on any atom is 0.273 e. The minimum Gasteiger partial charge on any atom is -0.267 e. The Balaban J connectivity index is 2.43. The Labute approximate surface area is 165 Å². The zero-order valence-corrected chi connectivity index (χ0v) is 16.2. The van der Waals surface area contributed by atoms with Crippen molar-refractivity contribution in [3.63, 3.8) is 0 Å². The van der Waals surface area contributed by atoms with Crippen molar-refractivity contribution in [2.75, 3.05) is 0 Å². The van der Waals surface area contributed by atoms with Gasteiger partial charge in [0.1, 0.15) is 16.8 Å². The third kappa shape index (κ3) is 3.71. The van der Waals surface area contributed by atoms with Crippen LogP contribution in [0.2, 0.25) is 5.02 Å². The highest BCUT2D eigenvalue weighted by molar-refractivity contribution is 7.07. The van der Waals surface area contributed by atoms with Crippen molar-refractivity contribution in [1.29, 1.82) is 10.5 Å². The highest BCUT2D eigenvalue weighted by Crippen LogP contribution is 2.14. The van der Waals surface area contributed by atoms with Gasteiger partial charge in [0.2, 0.25) is 0 Å². The Hall–Kier alpha value is -3.12. The average molecular weight is 392 g/mol. The summed E-state index contributed by atoms with van der Waals surface area (Å²) in [4.78, 5) is 13.1. The van der Waals surface area contributed by atoms with Gasteiger partial charge in [-0.2, -0.15) is 10.5 Å². The van der Waals surface area contributed by atoms with Crippen molar-refractivity contribution in [2.45, 2.75) is 13.8 Å². The summed E-state index contributed by atoms with van der Waals surface area (Å²) in [6, 6.07) is 16.6. The first-order valence-electron chi connectivity index (χ1n) is 8.06. The maximum absolute atomic E-state index is 13.1. The van der Waals surface area contributed by atoms with Gasteiger partial charge in [0.25, 0.3) is 5.56 Å². The monoisotopic (exact) mass is 391 g/mol. The standard InChI is InChI=1S/C21H14ClN3OS/c1-13-6-7-18(14(2)8-13)25-20(26)19(27-21(25)16(11-23)12-24)10-15-4-3-5-17(22)9-15/h3-10H,1-2H3/b19-10-. The molecular formula is C21H14ClN3OS. The van der Waals surface area contributed by atoms with Crippen LogP contribution in [-0.2, 0) is 0 Å². The number of hydrogen-bond donors (Lipinski definition) is 0. The number of aromatic nitrogens is 1. The van der Waals surface area contributed by atoms with E-state index in [4.69, 9.17) is 11.6 Å². The summed E-state index contributed by atoms with van der Waals surface area (Å²) in [6.45, 7) is 3.86. The van der Waals surface area contributed by atoms with Gasteiger partial charge in [0.05, 0.1) is 10.2 Å². The third-order valence-electron chi connectivity index (χ3n) is 4.00. The molecule has 0 aliphatic heterocycles. The van der Waals surface area contributed by atoms with Crippen LogP contribution >= 0.6 is 22.9 Å². The lowest BCUT2D eigenvalue weighted by Gasteiger charge is -2.07. The molecular weight excluding hydrogens is 378 g/mol. The SMILES string of the molecule is Cc1ccc(-n2c(=C(C#N)C#N)s/c(=C\c3cccc(Cl)c3)c2=O)c(C)c1. The minimum absolute atomic E-state index is 0.0946. The highest BCUT2D eigenvalue weighted by atomic mass is 35.5. The summed E-state index contributed by atoms with van der Waals surface area (Å²) < 4.78 is 2.19. The molecule has 0 aliphatic carbocycles. The molecule has 4 nitrogen and oxygen atoms in total. The lowest BCUT2D eigenvalue weighted by molar-refractivity contribution is 0.973. The number of nitrogens with zero attached hydrogens (tertiary/aromatic N) is 3. The molecule has 2 aromatic carbocycles. The second-order valence-corrected chi connectivity index (χ2v) is 7.47. The van der Waals surface area contributed by atoms with Crippen LogP contribution in [0.25, 0.3) is 17.3 Å². The van der Waals surface area contributed by atoms with Gasteiger partial charge in [-0.1, -0.05) is 41.4 Å². The molecule has 0 saturated carbocycles. The first kappa shape index (κ1) is 18.7. The highest BCUT2D eigenvalue weighted by Gasteiger charge is 2.13. The Morgan fingerprint density at radius 3 is 2.52 bits per heavy atom. The van der Waals surface area contributed by atoms with Crippen LogP contribution in [0.4, 0.5) is 0 Å². The minimum atomic E-state index is -0.273. The lowest BCUT2D eigenvalue weighted by Crippen LogP contribution is -2.31. The quantitative estimate of drug-likeness (QED) is 0.673. The summed E-state index contributed by atoms with van der Waals surface area (Å²) >= 11 is 7.15. The van der Waals surface area contributed by atoms with E-state index >= 15 is 0 Å². The fourth-order valence-corrected chi connectivity index (χ4v) is 4.04. The van der Waals surface area contributed by atoms with Gasteiger partial charge in [-0.05, 0) is 49.2 Å². The Morgan fingerprint density at radius 2 is 1.89 bits per heavy atom. The van der Waals surface area contributed by atoms with Gasteiger partial charge in [-0.25, -0.2) is 0 Å². The molecule has 27 heavy (non-hydrogen) atoms. The van der Waals surface area contributed by atoms with Crippen molar-refractivity contribution in [3.8, 4) is 17.8 Å². The first-order chi connectivity index (χ1) is 12.9. The molecule has 0 unspecified atom stereocenters. The molecule has 0 amide bonds. The van der Waals surface area contributed by atoms with Crippen LogP contribution in [0.15, 0.2) is 47.3 Å². The molecule has 0 spiro atoms. The maximum atomic E-state index is 13.1. The summed E-state index contributed by atoms with van der Waals surface area (Å²) in [6.07, 6.45) is 1.72. The van der Waals surface area contributed by atoms with Crippen molar-refractivity contribution in [2.24, 2.45) is 0 Å². The van der Waals surface area contributed by atoms with Crippen LogP contribution in [-0.4, -0.2) is 4.57 Å². The van der Waals surface area contributed by atoms with Gasteiger partial charge >= 0.3 is 0 Å². The fraction of sp³-hybridized carbons (Fsp3) is 0.0952. The van der Waals surface area contributed by atoms with E-state index < -0.39 is 0 Å². The van der Waals surface area contributed by atoms with Gasteiger partial charge in [-0.15, -0.1) is 11.3 Å². The molecule has 1 heterocycles. The van der Waals surface area contributed by atoms with Crippen LogP contribution in [0.1, 0.15) is 16.7 Å². The molecule has 0 N–H and O–H groups in total. The molecule has 132 valence electrons. The number of halogens is 1. The van der Waals surface area contributed by atoms with Gasteiger partial charge in [0, 0.05) is 5.02 Å². The summed E-state index contributed by atoms with van der Waals surface area (Å²) in [5, 5.41) is 19.3. The molecule has 3 aromatic rings. The Kier molecular flexibility index (Phi) is 5.28. The van der Waals surface area contributed by atoms with E-state index in [2.05, 4.69) is 0 Å². The topological polar surface area (TPSA) is 69.6 Å². The van der Waals surface area contributed by atoms with Crippen molar-refractivity contribution >= 4 is 34.6 Å². The van der Waals surface area contributed by atoms with E-state index in [0.29, 0.717) is 19.9 Å².